The fourth-order valence-corrected chi connectivity index (χ4v) is 2.77. The predicted molar refractivity (Wildman–Crippen MR) is 102 cm³/mol. The number of carbonyl (C=O) groups excluding carboxylic acids is 1. The quantitative estimate of drug-likeness (QED) is 0.577. The number of benzene rings is 2. The number of nitrogens with zero attached hydrogens (tertiary/aromatic N) is 2. The van der Waals surface area contributed by atoms with Crippen molar-refractivity contribution < 1.29 is 9.18 Å². The molecule has 3 rings (SSSR count). The molecule has 0 N–H and O–H groups in total. The molecule has 0 bridgehead atoms. The van der Waals surface area contributed by atoms with E-state index < -0.39 is 5.82 Å². The highest BCUT2D eigenvalue weighted by atomic mass is 35.5. The Morgan fingerprint density at radius 1 is 1.12 bits per heavy atom. The Morgan fingerprint density at radius 2 is 1.88 bits per heavy atom. The SMILES string of the molecule is C=CC(=O)N(Cc1cccc(Cl)c1F)c1ccc(-c2ccccc2)nc1. The summed E-state index contributed by atoms with van der Waals surface area (Å²) in [6.07, 6.45) is 2.78. The van der Waals surface area contributed by atoms with Crippen molar-refractivity contribution in [3.63, 3.8) is 0 Å². The molecule has 5 heteroatoms. The number of anilines is 1. The van der Waals surface area contributed by atoms with Crippen LogP contribution in [0.15, 0.2) is 79.5 Å². The first kappa shape index (κ1) is 17.8. The molecule has 0 fully saturated rings. The van der Waals surface area contributed by atoms with Crippen molar-refractivity contribution in [3.8, 4) is 11.3 Å². The van der Waals surface area contributed by atoms with Gasteiger partial charge in [0.1, 0.15) is 5.82 Å². The van der Waals surface area contributed by atoms with Crippen LogP contribution in [0.1, 0.15) is 5.56 Å². The van der Waals surface area contributed by atoms with Crippen molar-refractivity contribution in [2.45, 2.75) is 6.54 Å². The molecule has 0 radical (unpaired) electrons. The number of aromatic nitrogens is 1. The van der Waals surface area contributed by atoms with Gasteiger partial charge in [-0.25, -0.2) is 4.39 Å². The molecule has 0 aliphatic carbocycles. The standard InChI is InChI=1S/C21H16ClFN2O/c1-2-20(26)25(14-16-9-6-10-18(22)21(16)23)17-11-12-19(24-13-17)15-7-4-3-5-8-15/h2-13H,1,14H2. The first-order valence-corrected chi connectivity index (χ1v) is 8.36. The Labute approximate surface area is 156 Å². The molecule has 0 aliphatic heterocycles. The summed E-state index contributed by atoms with van der Waals surface area (Å²) in [5.41, 5.74) is 2.63. The van der Waals surface area contributed by atoms with Crippen LogP contribution in [0, 0.1) is 5.82 Å². The first-order valence-electron chi connectivity index (χ1n) is 7.98. The molecule has 1 heterocycles. The summed E-state index contributed by atoms with van der Waals surface area (Å²) in [5.74, 6) is -0.886. The summed E-state index contributed by atoms with van der Waals surface area (Å²) in [5, 5.41) is 0.0195. The monoisotopic (exact) mass is 366 g/mol. The van der Waals surface area contributed by atoms with E-state index in [1.54, 1.807) is 24.4 Å². The predicted octanol–water partition coefficient (Wildman–Crippen LogP) is 5.26. The Hall–Kier alpha value is -2.98. The zero-order valence-corrected chi connectivity index (χ0v) is 14.7. The zero-order chi connectivity index (χ0) is 18.5. The molecule has 2 aromatic carbocycles. The van der Waals surface area contributed by atoms with Gasteiger partial charge in [-0.15, -0.1) is 0 Å². The van der Waals surface area contributed by atoms with E-state index in [0.29, 0.717) is 11.3 Å². The molecule has 0 aliphatic rings. The van der Waals surface area contributed by atoms with Crippen molar-refractivity contribution in [2.75, 3.05) is 4.90 Å². The molecule has 130 valence electrons. The Bertz CT molecular complexity index is 927. The largest absolute Gasteiger partial charge is 0.303 e. The highest BCUT2D eigenvalue weighted by Crippen LogP contribution is 2.24. The molecule has 0 saturated carbocycles. The van der Waals surface area contributed by atoms with Gasteiger partial charge in [0, 0.05) is 11.1 Å². The number of amides is 1. The summed E-state index contributed by atoms with van der Waals surface area (Å²) in [4.78, 5) is 18.1. The van der Waals surface area contributed by atoms with Crippen LogP contribution < -0.4 is 4.90 Å². The van der Waals surface area contributed by atoms with Crippen molar-refractivity contribution >= 4 is 23.2 Å². The maximum absolute atomic E-state index is 14.2. The molecular formula is C21H16ClFN2O. The summed E-state index contributed by atoms with van der Waals surface area (Å²) in [6, 6.07) is 18.0. The second-order valence-corrected chi connectivity index (χ2v) is 6.02. The van der Waals surface area contributed by atoms with Crippen LogP contribution in [0.3, 0.4) is 0 Å². The second kappa shape index (κ2) is 7.93. The van der Waals surface area contributed by atoms with E-state index in [0.717, 1.165) is 11.3 Å². The average Bonchev–Trinajstić information content (AvgIpc) is 2.69. The molecule has 0 atom stereocenters. The van der Waals surface area contributed by atoms with Crippen LogP contribution in [0.2, 0.25) is 5.02 Å². The number of rotatable bonds is 5. The van der Waals surface area contributed by atoms with E-state index in [1.807, 2.05) is 36.4 Å². The second-order valence-electron chi connectivity index (χ2n) is 5.61. The number of pyridine rings is 1. The van der Waals surface area contributed by atoms with E-state index in [4.69, 9.17) is 11.6 Å². The van der Waals surface area contributed by atoms with Crippen molar-refractivity contribution in [1.82, 2.24) is 4.98 Å². The zero-order valence-electron chi connectivity index (χ0n) is 13.9. The van der Waals surface area contributed by atoms with E-state index in [2.05, 4.69) is 11.6 Å². The van der Waals surface area contributed by atoms with E-state index in [-0.39, 0.29) is 17.5 Å². The summed E-state index contributed by atoms with van der Waals surface area (Å²) < 4.78 is 14.2. The lowest BCUT2D eigenvalue weighted by Gasteiger charge is -2.22. The molecule has 3 nitrogen and oxygen atoms in total. The highest BCUT2D eigenvalue weighted by Gasteiger charge is 2.17. The van der Waals surface area contributed by atoms with Gasteiger partial charge in [0.15, 0.2) is 0 Å². The number of hydrogen-bond acceptors (Lipinski definition) is 2. The smallest absolute Gasteiger partial charge is 0.250 e. The van der Waals surface area contributed by atoms with Crippen LogP contribution in [-0.4, -0.2) is 10.9 Å². The number of hydrogen-bond donors (Lipinski definition) is 0. The van der Waals surface area contributed by atoms with Crippen molar-refractivity contribution in [3.05, 3.63) is 95.9 Å². The number of halogens is 2. The van der Waals surface area contributed by atoms with Crippen LogP contribution in [0.4, 0.5) is 10.1 Å². The third kappa shape index (κ3) is 3.81. The molecule has 26 heavy (non-hydrogen) atoms. The van der Waals surface area contributed by atoms with Crippen LogP contribution in [0.5, 0.6) is 0 Å². The molecule has 1 aromatic heterocycles. The maximum atomic E-state index is 14.2. The lowest BCUT2D eigenvalue weighted by Crippen LogP contribution is -2.29. The van der Waals surface area contributed by atoms with Gasteiger partial charge in [-0.3, -0.25) is 9.78 Å². The summed E-state index contributed by atoms with van der Waals surface area (Å²) >= 11 is 5.83. The van der Waals surface area contributed by atoms with Crippen molar-refractivity contribution in [1.29, 1.82) is 0 Å². The van der Waals surface area contributed by atoms with E-state index >= 15 is 0 Å². The van der Waals surface area contributed by atoms with Crippen LogP contribution in [-0.2, 0) is 11.3 Å². The van der Waals surface area contributed by atoms with Crippen molar-refractivity contribution in [2.24, 2.45) is 0 Å². The van der Waals surface area contributed by atoms with Gasteiger partial charge in [-0.2, -0.15) is 0 Å². The molecule has 1 amide bonds. The van der Waals surface area contributed by atoms with Gasteiger partial charge in [-0.05, 0) is 24.3 Å². The van der Waals surface area contributed by atoms with E-state index in [9.17, 15) is 9.18 Å². The average molecular weight is 367 g/mol. The maximum Gasteiger partial charge on any atom is 0.250 e. The Kier molecular flexibility index (Phi) is 5.44. The van der Waals surface area contributed by atoms with Gasteiger partial charge < -0.3 is 4.90 Å². The fraction of sp³-hybridized carbons (Fsp3) is 0.0476. The lowest BCUT2D eigenvalue weighted by atomic mass is 10.1. The first-order chi connectivity index (χ1) is 12.6. The molecule has 0 unspecified atom stereocenters. The minimum atomic E-state index is -0.537. The molecular weight excluding hydrogens is 351 g/mol. The highest BCUT2D eigenvalue weighted by molar-refractivity contribution is 6.30. The Balaban J connectivity index is 1.92. The molecule has 0 spiro atoms. The van der Waals surface area contributed by atoms with Gasteiger partial charge in [-0.1, -0.05) is 60.6 Å². The van der Waals surface area contributed by atoms with Gasteiger partial charge >= 0.3 is 0 Å². The normalized spacial score (nSPS) is 10.4. The Morgan fingerprint density at radius 3 is 2.54 bits per heavy atom. The molecule has 3 aromatic rings. The summed E-state index contributed by atoms with van der Waals surface area (Å²) in [7, 11) is 0. The van der Waals surface area contributed by atoms with Gasteiger partial charge in [0.25, 0.3) is 5.91 Å². The number of carbonyl (C=O) groups is 1. The minimum absolute atomic E-state index is 0.0195. The van der Waals surface area contributed by atoms with Crippen LogP contribution >= 0.6 is 11.6 Å². The summed E-state index contributed by atoms with van der Waals surface area (Å²) in [6.45, 7) is 3.55. The van der Waals surface area contributed by atoms with Gasteiger partial charge in [0.05, 0.1) is 29.1 Å². The fourth-order valence-electron chi connectivity index (χ4n) is 2.57. The molecule has 0 saturated heterocycles. The topological polar surface area (TPSA) is 33.2 Å². The minimum Gasteiger partial charge on any atom is -0.303 e. The third-order valence-corrected chi connectivity index (χ3v) is 4.22. The van der Waals surface area contributed by atoms with Gasteiger partial charge in [0.2, 0.25) is 0 Å². The van der Waals surface area contributed by atoms with Crippen LogP contribution in [0.25, 0.3) is 11.3 Å². The third-order valence-electron chi connectivity index (χ3n) is 3.93. The lowest BCUT2D eigenvalue weighted by molar-refractivity contribution is -0.114. The van der Waals surface area contributed by atoms with E-state index in [1.165, 1.54) is 17.0 Å².